The lowest BCUT2D eigenvalue weighted by Gasteiger charge is -2.30. The molecule has 26 heavy (non-hydrogen) atoms. The first-order chi connectivity index (χ1) is 12.5. The second kappa shape index (κ2) is 8.17. The summed E-state index contributed by atoms with van der Waals surface area (Å²) in [6.45, 7) is 10.7. The zero-order valence-electron chi connectivity index (χ0n) is 16.2. The van der Waals surface area contributed by atoms with Gasteiger partial charge in [0.2, 0.25) is 10.9 Å². The number of rotatable bonds is 7. The van der Waals surface area contributed by atoms with Crippen LogP contribution in [0.5, 0.6) is 0 Å². The smallest absolute Gasteiger partial charge is 0.250 e. The van der Waals surface area contributed by atoms with E-state index in [0.29, 0.717) is 17.2 Å². The molecule has 1 unspecified atom stereocenters. The maximum Gasteiger partial charge on any atom is 0.250 e. The maximum atomic E-state index is 12.1. The van der Waals surface area contributed by atoms with Crippen LogP contribution in [0.2, 0.25) is 0 Å². The normalized spacial score (nSPS) is 18.5. The fourth-order valence-corrected chi connectivity index (χ4v) is 3.88. The zero-order valence-corrected chi connectivity index (χ0v) is 16.2. The molecule has 0 bridgehead atoms. The molecule has 1 N–H and O–H groups in total. The van der Waals surface area contributed by atoms with Gasteiger partial charge >= 0.3 is 0 Å². The van der Waals surface area contributed by atoms with Crippen molar-refractivity contribution < 1.29 is 0 Å². The second-order valence-corrected chi connectivity index (χ2v) is 8.01. The van der Waals surface area contributed by atoms with Gasteiger partial charge in [-0.1, -0.05) is 45.0 Å². The molecule has 1 atom stereocenters. The quantitative estimate of drug-likeness (QED) is 0.610. The second-order valence-electron chi connectivity index (χ2n) is 8.01. The summed E-state index contributed by atoms with van der Waals surface area (Å²) in [7, 11) is 0. The van der Waals surface area contributed by atoms with E-state index in [1.54, 1.807) is 0 Å². The molecule has 4 nitrogen and oxygen atoms in total. The molecule has 3 rings (SSSR count). The van der Waals surface area contributed by atoms with Crippen LogP contribution in [0.1, 0.15) is 51.5 Å². The Bertz CT molecular complexity index is 801. The van der Waals surface area contributed by atoms with Crippen molar-refractivity contribution in [2.45, 2.75) is 46.0 Å². The predicted octanol–water partition coefficient (Wildman–Crippen LogP) is 3.61. The summed E-state index contributed by atoms with van der Waals surface area (Å²) in [5.41, 5.74) is 2.38. The molecule has 0 aromatic heterocycles. The molecule has 0 radical (unpaired) electrons. The third-order valence-corrected chi connectivity index (χ3v) is 5.47. The molecule has 2 aromatic rings. The van der Waals surface area contributed by atoms with E-state index in [2.05, 4.69) is 31.0 Å². The van der Waals surface area contributed by atoms with E-state index in [0.717, 1.165) is 31.0 Å². The van der Waals surface area contributed by atoms with Crippen molar-refractivity contribution in [3.63, 3.8) is 0 Å². The Hall–Kier alpha value is -1.94. The van der Waals surface area contributed by atoms with Crippen molar-refractivity contribution >= 4 is 5.69 Å². The standard InChI is InChI=1S/C22H30N2O2/c1-15(2)17-7-9-18(10-8-17)19-20(22(26)21(19)25)23-11-5-13-24-12-4-6-16(3)14-24/h7-10,15-16,23H,4-6,11-14H2,1-3H3. The molecule has 1 aliphatic heterocycles. The third kappa shape index (κ3) is 4.07. The average Bonchev–Trinajstić information content (AvgIpc) is 2.64. The fourth-order valence-electron chi connectivity index (χ4n) is 3.88. The first-order valence-corrected chi connectivity index (χ1v) is 9.87. The predicted molar refractivity (Wildman–Crippen MR) is 109 cm³/mol. The van der Waals surface area contributed by atoms with E-state index in [1.807, 2.05) is 24.3 Å². The fraction of sp³-hybridized carbons (Fsp3) is 0.545. The van der Waals surface area contributed by atoms with Crippen LogP contribution in [-0.2, 0) is 0 Å². The van der Waals surface area contributed by atoms with Gasteiger partial charge in [0.15, 0.2) is 0 Å². The van der Waals surface area contributed by atoms with Gasteiger partial charge in [-0.2, -0.15) is 0 Å². The van der Waals surface area contributed by atoms with Gasteiger partial charge in [-0.05, 0) is 55.3 Å². The van der Waals surface area contributed by atoms with Crippen LogP contribution in [0.3, 0.4) is 0 Å². The Morgan fingerprint density at radius 1 is 1.15 bits per heavy atom. The van der Waals surface area contributed by atoms with Crippen LogP contribution in [0.15, 0.2) is 33.9 Å². The van der Waals surface area contributed by atoms with E-state index < -0.39 is 0 Å². The zero-order chi connectivity index (χ0) is 18.7. The van der Waals surface area contributed by atoms with Crippen molar-refractivity contribution in [1.29, 1.82) is 0 Å². The molecule has 0 amide bonds. The van der Waals surface area contributed by atoms with Crippen molar-refractivity contribution in [3.05, 3.63) is 50.3 Å². The van der Waals surface area contributed by atoms with E-state index in [4.69, 9.17) is 0 Å². The summed E-state index contributed by atoms with van der Waals surface area (Å²) in [5.74, 6) is 1.23. The highest BCUT2D eigenvalue weighted by Crippen LogP contribution is 2.25. The SMILES string of the molecule is CC1CCCN(CCCNc2c(-c3ccc(C(C)C)cc3)c(=O)c2=O)C1. The van der Waals surface area contributed by atoms with Crippen LogP contribution in [0.25, 0.3) is 11.1 Å². The molecular formula is C22H30N2O2. The topological polar surface area (TPSA) is 49.4 Å². The van der Waals surface area contributed by atoms with Crippen LogP contribution < -0.4 is 16.2 Å². The van der Waals surface area contributed by atoms with E-state index in [1.165, 1.54) is 31.5 Å². The largest absolute Gasteiger partial charge is 0.381 e. The summed E-state index contributed by atoms with van der Waals surface area (Å²) in [6, 6.07) is 7.98. The van der Waals surface area contributed by atoms with Gasteiger partial charge in [0.25, 0.3) is 0 Å². The van der Waals surface area contributed by atoms with E-state index >= 15 is 0 Å². The van der Waals surface area contributed by atoms with Gasteiger partial charge in [0, 0.05) is 13.1 Å². The highest BCUT2D eigenvalue weighted by molar-refractivity contribution is 5.81. The Kier molecular flexibility index (Phi) is 5.92. The van der Waals surface area contributed by atoms with Gasteiger partial charge in [-0.3, -0.25) is 9.59 Å². The summed E-state index contributed by atoms with van der Waals surface area (Å²) in [4.78, 5) is 26.5. The molecule has 4 heteroatoms. The summed E-state index contributed by atoms with van der Waals surface area (Å²) in [6.07, 6.45) is 3.59. The molecule has 0 aliphatic carbocycles. The molecular weight excluding hydrogens is 324 g/mol. The highest BCUT2D eigenvalue weighted by atomic mass is 16.2. The van der Waals surface area contributed by atoms with Crippen molar-refractivity contribution in [3.8, 4) is 11.1 Å². The number of anilines is 1. The van der Waals surface area contributed by atoms with Crippen LogP contribution in [-0.4, -0.2) is 31.1 Å². The molecule has 1 heterocycles. The Morgan fingerprint density at radius 3 is 2.54 bits per heavy atom. The molecule has 0 spiro atoms. The minimum absolute atomic E-state index is 0.366. The lowest BCUT2D eigenvalue weighted by Crippen LogP contribution is -2.38. The number of hydrogen-bond acceptors (Lipinski definition) is 4. The van der Waals surface area contributed by atoms with Gasteiger partial charge in [0.05, 0.1) is 11.3 Å². The molecule has 140 valence electrons. The minimum Gasteiger partial charge on any atom is -0.381 e. The van der Waals surface area contributed by atoms with Gasteiger partial charge in [-0.25, -0.2) is 0 Å². The molecule has 1 saturated heterocycles. The minimum atomic E-state index is -0.375. The monoisotopic (exact) mass is 354 g/mol. The molecule has 1 aliphatic rings. The van der Waals surface area contributed by atoms with Gasteiger partial charge < -0.3 is 10.2 Å². The van der Waals surface area contributed by atoms with E-state index in [-0.39, 0.29) is 10.9 Å². The van der Waals surface area contributed by atoms with Crippen molar-refractivity contribution in [1.82, 2.24) is 4.90 Å². The number of nitrogens with one attached hydrogen (secondary N) is 1. The van der Waals surface area contributed by atoms with Gasteiger partial charge in [-0.15, -0.1) is 0 Å². The number of likely N-dealkylation sites (tertiary alicyclic amines) is 1. The average molecular weight is 354 g/mol. The number of nitrogens with zero attached hydrogens (tertiary/aromatic N) is 1. The van der Waals surface area contributed by atoms with Gasteiger partial charge in [0.1, 0.15) is 0 Å². The number of benzene rings is 1. The molecule has 2 aromatic carbocycles. The van der Waals surface area contributed by atoms with Crippen LogP contribution in [0.4, 0.5) is 5.69 Å². The number of piperidine rings is 1. The van der Waals surface area contributed by atoms with Crippen molar-refractivity contribution in [2.75, 3.05) is 31.5 Å². The van der Waals surface area contributed by atoms with E-state index in [9.17, 15) is 9.59 Å². The lowest BCUT2D eigenvalue weighted by atomic mass is 9.95. The Balaban J connectivity index is 1.58. The molecule has 0 saturated carbocycles. The summed E-state index contributed by atoms with van der Waals surface area (Å²) < 4.78 is 0. The van der Waals surface area contributed by atoms with Crippen LogP contribution in [0, 0.1) is 5.92 Å². The Labute approximate surface area is 155 Å². The molecule has 1 fully saturated rings. The third-order valence-electron chi connectivity index (χ3n) is 5.47. The lowest BCUT2D eigenvalue weighted by molar-refractivity contribution is 0.183. The Morgan fingerprint density at radius 2 is 1.88 bits per heavy atom. The highest BCUT2D eigenvalue weighted by Gasteiger charge is 2.22. The van der Waals surface area contributed by atoms with Crippen molar-refractivity contribution in [2.24, 2.45) is 5.92 Å². The first kappa shape index (κ1) is 18.8. The first-order valence-electron chi connectivity index (χ1n) is 9.87. The number of hydrogen-bond donors (Lipinski definition) is 1. The summed E-state index contributed by atoms with van der Waals surface area (Å²) in [5, 5.41) is 3.22. The maximum absolute atomic E-state index is 12.1. The van der Waals surface area contributed by atoms with Crippen LogP contribution >= 0.6 is 0 Å². The summed E-state index contributed by atoms with van der Waals surface area (Å²) >= 11 is 0.